The monoisotopic (exact) mass is 596 g/mol. The molecule has 3 rings (SSSR count). The molecule has 0 unspecified atom stereocenters. The van der Waals surface area contributed by atoms with Crippen LogP contribution < -0.4 is 14.9 Å². The number of nitrogens with zero attached hydrogens (tertiary/aromatic N) is 1. The van der Waals surface area contributed by atoms with Crippen LogP contribution in [0.4, 0.5) is 0 Å². The molecule has 172 valence electrons. The van der Waals surface area contributed by atoms with Gasteiger partial charge in [-0.2, -0.15) is 5.10 Å². The summed E-state index contributed by atoms with van der Waals surface area (Å²) in [4.78, 5) is 12.3. The van der Waals surface area contributed by atoms with E-state index in [1.807, 2.05) is 38.1 Å². The van der Waals surface area contributed by atoms with Crippen molar-refractivity contribution in [1.29, 1.82) is 0 Å². The number of benzene rings is 3. The molecule has 0 saturated carbocycles. The summed E-state index contributed by atoms with van der Waals surface area (Å²) in [5, 5.41) is 5.20. The Morgan fingerprint density at radius 2 is 1.85 bits per heavy atom. The van der Waals surface area contributed by atoms with Crippen molar-refractivity contribution in [2.45, 2.75) is 26.9 Å². The van der Waals surface area contributed by atoms with Crippen LogP contribution in [0.3, 0.4) is 0 Å². The van der Waals surface area contributed by atoms with Gasteiger partial charge in [0.2, 0.25) is 5.91 Å². The van der Waals surface area contributed by atoms with Gasteiger partial charge in [-0.25, -0.2) is 5.43 Å². The topological polar surface area (TPSA) is 59.9 Å². The lowest BCUT2D eigenvalue weighted by Crippen LogP contribution is -2.20. The Morgan fingerprint density at radius 1 is 1.09 bits per heavy atom. The van der Waals surface area contributed by atoms with E-state index in [4.69, 9.17) is 32.7 Å². The van der Waals surface area contributed by atoms with E-state index in [2.05, 4.69) is 39.2 Å². The highest BCUT2D eigenvalue weighted by Crippen LogP contribution is 2.35. The van der Waals surface area contributed by atoms with Gasteiger partial charge in [0.05, 0.1) is 23.3 Å². The second kappa shape index (κ2) is 11.7. The molecule has 0 aliphatic rings. The number of ether oxygens (including phenoxy) is 2. The number of carbonyl (C=O) groups is 1. The highest BCUT2D eigenvalue weighted by Gasteiger charge is 2.13. The van der Waals surface area contributed by atoms with Crippen molar-refractivity contribution in [2.24, 2.45) is 5.10 Å². The molecule has 0 aliphatic heterocycles. The summed E-state index contributed by atoms with van der Waals surface area (Å²) in [5.41, 5.74) is 7.39. The Bertz CT molecular complexity index is 1200. The summed E-state index contributed by atoms with van der Waals surface area (Å²) in [6.45, 7) is 4.29. The van der Waals surface area contributed by atoms with E-state index >= 15 is 0 Å². The first-order chi connectivity index (χ1) is 15.8. The van der Waals surface area contributed by atoms with Crippen molar-refractivity contribution in [2.75, 3.05) is 7.11 Å². The number of nitrogens with one attached hydrogen (secondary N) is 1. The van der Waals surface area contributed by atoms with Crippen molar-refractivity contribution < 1.29 is 14.3 Å². The normalized spacial score (nSPS) is 11.0. The quantitative estimate of drug-likeness (QED) is 0.184. The van der Waals surface area contributed by atoms with Gasteiger partial charge < -0.3 is 9.47 Å². The molecular formula is C25H23Cl2IN2O3. The SMILES string of the molecule is COc1cc(/C=N\NC(=O)Cc2ccc(C)cc2C)cc(I)c1OCc1ccc(Cl)cc1Cl. The van der Waals surface area contributed by atoms with E-state index < -0.39 is 0 Å². The number of aryl methyl sites for hydroxylation is 2. The molecule has 1 amide bonds. The zero-order valence-electron chi connectivity index (χ0n) is 18.4. The van der Waals surface area contributed by atoms with Gasteiger partial charge in [0.1, 0.15) is 6.61 Å². The smallest absolute Gasteiger partial charge is 0.244 e. The van der Waals surface area contributed by atoms with E-state index in [1.54, 1.807) is 31.5 Å². The first-order valence-corrected chi connectivity index (χ1v) is 11.9. The van der Waals surface area contributed by atoms with Gasteiger partial charge in [0.25, 0.3) is 0 Å². The van der Waals surface area contributed by atoms with Crippen molar-refractivity contribution in [3.05, 3.63) is 90.0 Å². The standard InChI is InChI=1S/C25H23Cl2IN2O3/c1-15-4-5-18(16(2)8-15)11-24(31)30-29-13-17-9-22(28)25(23(10-17)32-3)33-14-19-6-7-20(26)12-21(19)27/h4-10,12-13H,11,14H2,1-3H3,(H,30,31)/b29-13-. The molecule has 0 saturated heterocycles. The molecule has 0 radical (unpaired) electrons. The second-order valence-electron chi connectivity index (χ2n) is 7.46. The van der Waals surface area contributed by atoms with Crippen LogP contribution in [0.25, 0.3) is 0 Å². The van der Waals surface area contributed by atoms with Crippen LogP contribution in [0.2, 0.25) is 10.0 Å². The molecule has 3 aromatic rings. The number of carbonyl (C=O) groups excluding carboxylic acids is 1. The van der Waals surface area contributed by atoms with E-state index in [0.717, 1.165) is 25.8 Å². The van der Waals surface area contributed by atoms with Gasteiger partial charge in [-0.3, -0.25) is 4.79 Å². The van der Waals surface area contributed by atoms with E-state index in [-0.39, 0.29) is 18.9 Å². The van der Waals surface area contributed by atoms with E-state index in [1.165, 1.54) is 5.56 Å². The Balaban J connectivity index is 1.65. The zero-order valence-corrected chi connectivity index (χ0v) is 22.1. The summed E-state index contributed by atoms with van der Waals surface area (Å²) in [7, 11) is 1.57. The lowest BCUT2D eigenvalue weighted by Gasteiger charge is -2.14. The fourth-order valence-electron chi connectivity index (χ4n) is 3.18. The average Bonchev–Trinajstić information content (AvgIpc) is 2.75. The fraction of sp³-hybridized carbons (Fsp3) is 0.200. The third kappa shape index (κ3) is 7.09. The first-order valence-electron chi connectivity index (χ1n) is 10.1. The molecule has 0 atom stereocenters. The Hall–Kier alpha value is -2.29. The molecule has 0 aliphatic carbocycles. The number of rotatable bonds is 8. The largest absolute Gasteiger partial charge is 0.493 e. The molecule has 5 nitrogen and oxygen atoms in total. The fourth-order valence-corrected chi connectivity index (χ4v) is 4.42. The van der Waals surface area contributed by atoms with Crippen LogP contribution in [0, 0.1) is 17.4 Å². The molecule has 8 heteroatoms. The van der Waals surface area contributed by atoms with Crippen molar-refractivity contribution >= 4 is 57.9 Å². The van der Waals surface area contributed by atoms with Crippen molar-refractivity contribution in [3.8, 4) is 11.5 Å². The van der Waals surface area contributed by atoms with Crippen molar-refractivity contribution in [1.82, 2.24) is 5.43 Å². The number of hydrazone groups is 1. The Labute approximate surface area is 217 Å². The number of halogens is 3. The lowest BCUT2D eigenvalue weighted by molar-refractivity contribution is -0.120. The number of methoxy groups -OCH3 is 1. The lowest BCUT2D eigenvalue weighted by atomic mass is 10.0. The Kier molecular flexibility index (Phi) is 9.00. The van der Waals surface area contributed by atoms with Crippen LogP contribution in [0.1, 0.15) is 27.8 Å². The van der Waals surface area contributed by atoms with E-state index in [0.29, 0.717) is 21.5 Å². The maximum absolute atomic E-state index is 12.3. The van der Waals surface area contributed by atoms with Gasteiger partial charge >= 0.3 is 0 Å². The summed E-state index contributed by atoms with van der Waals surface area (Å²) >= 11 is 14.4. The van der Waals surface area contributed by atoms with Crippen LogP contribution in [0.5, 0.6) is 11.5 Å². The number of hydrogen-bond acceptors (Lipinski definition) is 4. The molecule has 0 aromatic heterocycles. The molecular weight excluding hydrogens is 574 g/mol. The molecule has 0 bridgehead atoms. The van der Waals surface area contributed by atoms with Crippen LogP contribution in [-0.4, -0.2) is 19.2 Å². The molecule has 0 fully saturated rings. The minimum Gasteiger partial charge on any atom is -0.493 e. The summed E-state index contributed by atoms with van der Waals surface area (Å²) in [6, 6.07) is 15.0. The van der Waals surface area contributed by atoms with Crippen molar-refractivity contribution in [3.63, 3.8) is 0 Å². The summed E-state index contributed by atoms with van der Waals surface area (Å²) < 4.78 is 12.3. The van der Waals surface area contributed by atoms with Gasteiger partial charge in [0.15, 0.2) is 11.5 Å². The third-order valence-electron chi connectivity index (χ3n) is 4.89. The van der Waals surface area contributed by atoms with Crippen LogP contribution in [0.15, 0.2) is 53.6 Å². The number of hydrogen-bond donors (Lipinski definition) is 1. The van der Waals surface area contributed by atoms with Gasteiger partial charge in [-0.05, 0) is 77.4 Å². The van der Waals surface area contributed by atoms with Gasteiger partial charge in [0, 0.05) is 15.6 Å². The average molecular weight is 597 g/mol. The minimum atomic E-state index is -0.181. The first kappa shape index (κ1) is 25.3. The zero-order chi connectivity index (χ0) is 24.0. The predicted molar refractivity (Wildman–Crippen MR) is 142 cm³/mol. The Morgan fingerprint density at radius 3 is 2.55 bits per heavy atom. The van der Waals surface area contributed by atoms with Gasteiger partial charge in [-0.15, -0.1) is 0 Å². The third-order valence-corrected chi connectivity index (χ3v) is 6.28. The van der Waals surface area contributed by atoms with Crippen LogP contribution >= 0.6 is 45.8 Å². The highest BCUT2D eigenvalue weighted by molar-refractivity contribution is 14.1. The molecule has 0 spiro atoms. The van der Waals surface area contributed by atoms with Crippen LogP contribution in [-0.2, 0) is 17.8 Å². The highest BCUT2D eigenvalue weighted by atomic mass is 127. The maximum atomic E-state index is 12.3. The van der Waals surface area contributed by atoms with E-state index in [9.17, 15) is 4.79 Å². The minimum absolute atomic E-state index is 0.181. The predicted octanol–water partition coefficient (Wildman–Crippen LogP) is 6.50. The summed E-state index contributed by atoms with van der Waals surface area (Å²) in [5.74, 6) is 0.967. The molecule has 1 N–H and O–H groups in total. The molecule has 0 heterocycles. The number of amides is 1. The maximum Gasteiger partial charge on any atom is 0.244 e. The van der Waals surface area contributed by atoms with Gasteiger partial charge in [-0.1, -0.05) is 53.0 Å². The molecule has 3 aromatic carbocycles. The summed E-state index contributed by atoms with van der Waals surface area (Å²) in [6.07, 6.45) is 1.84. The second-order valence-corrected chi connectivity index (χ2v) is 9.46. The molecule has 33 heavy (non-hydrogen) atoms.